The van der Waals surface area contributed by atoms with E-state index in [1.54, 1.807) is 0 Å². The Morgan fingerprint density at radius 3 is 2.65 bits per heavy atom. The summed E-state index contributed by atoms with van der Waals surface area (Å²) in [6.07, 6.45) is 0. The van der Waals surface area contributed by atoms with E-state index in [9.17, 15) is 4.79 Å². The summed E-state index contributed by atoms with van der Waals surface area (Å²) < 4.78 is 10.7. The van der Waals surface area contributed by atoms with Gasteiger partial charge >= 0.3 is 0 Å². The fraction of sp³-hybridized carbons (Fsp3) is 0.412. The smallest absolute Gasteiger partial charge is 0.273 e. The fourth-order valence-electron chi connectivity index (χ4n) is 3.72. The molecule has 0 unspecified atom stereocenters. The van der Waals surface area contributed by atoms with Gasteiger partial charge in [-0.15, -0.1) is 36.2 Å². The maximum Gasteiger partial charge on any atom is 0.273 e. The molecule has 26 heavy (non-hydrogen) atoms. The summed E-state index contributed by atoms with van der Waals surface area (Å²) >= 11 is 1.49. The van der Waals surface area contributed by atoms with Crippen LogP contribution < -0.4 is 14.8 Å². The molecule has 0 spiro atoms. The lowest BCUT2D eigenvalue weighted by molar-refractivity contribution is 0.0777. The molecule has 0 bridgehead atoms. The summed E-state index contributed by atoms with van der Waals surface area (Å²) in [5, 5.41) is 6.08. The molecule has 0 aliphatic carbocycles. The van der Waals surface area contributed by atoms with Crippen LogP contribution in [-0.4, -0.2) is 48.8 Å². The van der Waals surface area contributed by atoms with Crippen molar-refractivity contribution in [2.45, 2.75) is 0 Å². The van der Waals surface area contributed by atoms with Crippen LogP contribution in [-0.2, 0) is 0 Å². The van der Waals surface area contributed by atoms with Crippen LogP contribution in [0.1, 0.15) is 10.5 Å². The number of halogens is 2. The average Bonchev–Trinajstić information content (AvgIpc) is 3.35. The van der Waals surface area contributed by atoms with Crippen molar-refractivity contribution in [1.82, 2.24) is 15.2 Å². The molecule has 1 aromatic carbocycles. The highest BCUT2D eigenvalue weighted by atomic mass is 35.5. The van der Waals surface area contributed by atoms with Crippen molar-refractivity contribution in [2.75, 3.05) is 33.0 Å². The van der Waals surface area contributed by atoms with Crippen molar-refractivity contribution < 1.29 is 14.3 Å². The molecule has 2 aromatic rings. The molecule has 2 fully saturated rings. The van der Waals surface area contributed by atoms with Gasteiger partial charge in [0.05, 0.1) is 0 Å². The first-order chi connectivity index (χ1) is 11.8. The highest BCUT2D eigenvalue weighted by Crippen LogP contribution is 2.37. The Kier molecular flexibility index (Phi) is 5.62. The third kappa shape index (κ3) is 3.24. The first-order valence-corrected chi connectivity index (χ1v) is 9.01. The summed E-state index contributed by atoms with van der Waals surface area (Å²) in [5.41, 5.74) is 1.49. The Bertz CT molecular complexity index is 804. The van der Waals surface area contributed by atoms with Crippen LogP contribution in [0.25, 0.3) is 10.6 Å². The lowest BCUT2D eigenvalue weighted by atomic mass is 10.0. The third-order valence-electron chi connectivity index (χ3n) is 5.02. The number of likely N-dealkylation sites (tertiary alicyclic amines) is 1. The summed E-state index contributed by atoms with van der Waals surface area (Å²) in [6.45, 7) is 3.98. The Morgan fingerprint density at radius 2 is 1.88 bits per heavy atom. The zero-order valence-electron chi connectivity index (χ0n) is 13.8. The second-order valence-electron chi connectivity index (χ2n) is 6.49. The number of aromatic nitrogens is 1. The molecule has 140 valence electrons. The van der Waals surface area contributed by atoms with Gasteiger partial charge in [0, 0.05) is 37.1 Å². The van der Waals surface area contributed by atoms with E-state index in [4.69, 9.17) is 9.47 Å². The minimum atomic E-state index is 0. The number of hydrogen-bond acceptors (Lipinski definition) is 6. The van der Waals surface area contributed by atoms with Gasteiger partial charge in [0.15, 0.2) is 11.5 Å². The molecule has 2 atom stereocenters. The molecule has 2 saturated heterocycles. The molecular formula is C17H19Cl2N3O3S. The molecule has 4 heterocycles. The molecule has 0 radical (unpaired) electrons. The maximum atomic E-state index is 12.7. The minimum Gasteiger partial charge on any atom is -0.454 e. The first kappa shape index (κ1) is 19.2. The van der Waals surface area contributed by atoms with Crippen molar-refractivity contribution in [2.24, 2.45) is 11.8 Å². The van der Waals surface area contributed by atoms with E-state index in [0.717, 1.165) is 48.2 Å². The van der Waals surface area contributed by atoms with Crippen molar-refractivity contribution in [3.63, 3.8) is 0 Å². The quantitative estimate of drug-likeness (QED) is 0.816. The van der Waals surface area contributed by atoms with Crippen LogP contribution >= 0.6 is 36.2 Å². The molecule has 0 saturated carbocycles. The normalized spacial score (nSPS) is 22.5. The summed E-state index contributed by atoms with van der Waals surface area (Å²) in [7, 11) is 0. The molecule has 3 aliphatic rings. The standard InChI is InChI=1S/C17H17N3O3S.2ClH/c21-17(20-6-11-4-18-5-12(11)7-20)13-8-24-16(19-13)10-1-2-14-15(3-10)23-9-22-14;;/h1-3,8,11-12,18H,4-7,9H2;2*1H/t11-,12+;;. The zero-order chi connectivity index (χ0) is 16.1. The van der Waals surface area contributed by atoms with Crippen molar-refractivity contribution >= 4 is 42.1 Å². The van der Waals surface area contributed by atoms with E-state index in [2.05, 4.69) is 10.3 Å². The van der Waals surface area contributed by atoms with Gasteiger partial charge in [-0.2, -0.15) is 0 Å². The van der Waals surface area contributed by atoms with E-state index in [1.807, 2.05) is 28.5 Å². The van der Waals surface area contributed by atoms with E-state index >= 15 is 0 Å². The number of nitrogens with one attached hydrogen (secondary N) is 1. The molecule has 1 N–H and O–H groups in total. The number of thiazole rings is 1. The number of benzene rings is 1. The van der Waals surface area contributed by atoms with E-state index in [1.165, 1.54) is 11.3 Å². The number of hydrogen-bond donors (Lipinski definition) is 1. The lowest BCUT2D eigenvalue weighted by Crippen LogP contribution is -2.32. The fourth-order valence-corrected chi connectivity index (χ4v) is 4.51. The number of ether oxygens (including phenoxy) is 2. The average molecular weight is 416 g/mol. The summed E-state index contributed by atoms with van der Waals surface area (Å²) in [4.78, 5) is 19.2. The van der Waals surface area contributed by atoms with Gasteiger partial charge in [0.1, 0.15) is 10.7 Å². The monoisotopic (exact) mass is 415 g/mol. The minimum absolute atomic E-state index is 0. The first-order valence-electron chi connectivity index (χ1n) is 8.13. The Labute approximate surface area is 167 Å². The van der Waals surface area contributed by atoms with Gasteiger partial charge < -0.3 is 19.7 Å². The molecule has 6 nitrogen and oxygen atoms in total. The Morgan fingerprint density at radius 1 is 1.15 bits per heavy atom. The predicted molar refractivity (Wildman–Crippen MR) is 104 cm³/mol. The SMILES string of the molecule is Cl.Cl.O=C(c1csc(-c2ccc3c(c2)OCO3)n1)N1C[C@H]2CNC[C@H]2C1. The van der Waals surface area contributed by atoms with Gasteiger partial charge in [0.25, 0.3) is 5.91 Å². The number of rotatable bonds is 2. The van der Waals surface area contributed by atoms with Crippen LogP contribution in [0, 0.1) is 11.8 Å². The summed E-state index contributed by atoms with van der Waals surface area (Å²) in [5.74, 6) is 2.73. The number of carbonyl (C=O) groups excluding carboxylic acids is 1. The second kappa shape index (κ2) is 7.60. The van der Waals surface area contributed by atoms with Gasteiger partial charge in [-0.05, 0) is 30.0 Å². The third-order valence-corrected chi connectivity index (χ3v) is 5.91. The topological polar surface area (TPSA) is 63.7 Å². The molecule has 3 aliphatic heterocycles. The van der Waals surface area contributed by atoms with E-state index < -0.39 is 0 Å². The zero-order valence-corrected chi connectivity index (χ0v) is 16.3. The van der Waals surface area contributed by atoms with Crippen LogP contribution in [0.15, 0.2) is 23.6 Å². The number of fused-ring (bicyclic) bond motifs is 2. The molecule has 5 rings (SSSR count). The largest absolute Gasteiger partial charge is 0.454 e. The van der Waals surface area contributed by atoms with Crippen LogP contribution in [0.3, 0.4) is 0 Å². The molecular weight excluding hydrogens is 397 g/mol. The Hall–Kier alpha value is -1.54. The lowest BCUT2D eigenvalue weighted by Gasteiger charge is -2.15. The Balaban J connectivity index is 0.000000980. The molecule has 1 amide bonds. The van der Waals surface area contributed by atoms with Crippen LogP contribution in [0.2, 0.25) is 0 Å². The summed E-state index contributed by atoms with van der Waals surface area (Å²) in [6, 6.07) is 5.75. The number of carbonyl (C=O) groups is 1. The second-order valence-corrected chi connectivity index (χ2v) is 7.35. The van der Waals surface area contributed by atoms with Gasteiger partial charge in [-0.3, -0.25) is 4.79 Å². The van der Waals surface area contributed by atoms with E-state index in [0.29, 0.717) is 17.5 Å². The van der Waals surface area contributed by atoms with Gasteiger partial charge in [-0.25, -0.2) is 4.98 Å². The van der Waals surface area contributed by atoms with Crippen molar-refractivity contribution in [1.29, 1.82) is 0 Å². The van der Waals surface area contributed by atoms with E-state index in [-0.39, 0.29) is 37.5 Å². The number of amides is 1. The number of nitrogens with zero attached hydrogens (tertiary/aromatic N) is 2. The van der Waals surface area contributed by atoms with Gasteiger partial charge in [-0.1, -0.05) is 0 Å². The van der Waals surface area contributed by atoms with Gasteiger partial charge in [0.2, 0.25) is 6.79 Å². The van der Waals surface area contributed by atoms with Crippen LogP contribution in [0.4, 0.5) is 0 Å². The van der Waals surface area contributed by atoms with Crippen LogP contribution in [0.5, 0.6) is 11.5 Å². The molecule has 9 heteroatoms. The highest BCUT2D eigenvalue weighted by Gasteiger charge is 2.38. The maximum absolute atomic E-state index is 12.7. The van der Waals surface area contributed by atoms with Crippen molar-refractivity contribution in [3.05, 3.63) is 29.3 Å². The molecule has 1 aromatic heterocycles. The highest BCUT2D eigenvalue weighted by molar-refractivity contribution is 7.13. The van der Waals surface area contributed by atoms with Crippen molar-refractivity contribution in [3.8, 4) is 22.1 Å². The predicted octanol–water partition coefficient (Wildman–Crippen LogP) is 2.67.